The molecular formula is C9H12N2O4S4. The van der Waals surface area contributed by atoms with Gasteiger partial charge in [0, 0.05) is 14.1 Å². The fourth-order valence-electron chi connectivity index (χ4n) is 1.25. The lowest BCUT2D eigenvalue weighted by molar-refractivity contribution is 0.517. The third-order valence-electron chi connectivity index (χ3n) is 2.12. The maximum atomic E-state index is 12.1. The van der Waals surface area contributed by atoms with Gasteiger partial charge in [-0.25, -0.2) is 21.1 Å². The molecule has 0 amide bonds. The average Bonchev–Trinajstić information content (AvgIpc) is 2.27. The Morgan fingerprint density at radius 1 is 1.16 bits per heavy atom. The first kappa shape index (κ1) is 16.4. The SMILES string of the molecule is CN(C)S(=O)(=O)c1ccccc1S(=O)(=O)NC(=S)S. The van der Waals surface area contributed by atoms with Crippen molar-refractivity contribution in [2.45, 2.75) is 9.79 Å². The van der Waals surface area contributed by atoms with Gasteiger partial charge in [-0.1, -0.05) is 24.4 Å². The molecule has 0 heterocycles. The Morgan fingerprint density at radius 3 is 2.05 bits per heavy atom. The molecule has 0 unspecified atom stereocenters. The molecule has 0 aliphatic rings. The van der Waals surface area contributed by atoms with Crippen LogP contribution in [-0.4, -0.2) is 39.6 Å². The van der Waals surface area contributed by atoms with Gasteiger partial charge in [-0.2, -0.15) is 0 Å². The molecule has 0 radical (unpaired) electrons. The van der Waals surface area contributed by atoms with E-state index in [-0.39, 0.29) is 14.1 Å². The molecule has 1 aromatic carbocycles. The summed E-state index contributed by atoms with van der Waals surface area (Å²) in [6, 6.07) is 5.26. The third kappa shape index (κ3) is 3.66. The maximum Gasteiger partial charge on any atom is 0.264 e. The highest BCUT2D eigenvalue weighted by atomic mass is 32.2. The van der Waals surface area contributed by atoms with Crippen LogP contribution >= 0.6 is 24.8 Å². The molecule has 0 saturated carbocycles. The van der Waals surface area contributed by atoms with Crippen LogP contribution in [0.2, 0.25) is 0 Å². The van der Waals surface area contributed by atoms with Crippen molar-refractivity contribution in [3.05, 3.63) is 24.3 Å². The van der Waals surface area contributed by atoms with E-state index >= 15 is 0 Å². The minimum absolute atomic E-state index is 0.267. The number of sulfonamides is 2. The van der Waals surface area contributed by atoms with E-state index in [0.29, 0.717) is 0 Å². The predicted molar refractivity (Wildman–Crippen MR) is 79.2 cm³/mol. The minimum Gasteiger partial charge on any atom is -0.264 e. The Labute approximate surface area is 123 Å². The van der Waals surface area contributed by atoms with Crippen LogP contribution in [0.5, 0.6) is 0 Å². The summed E-state index contributed by atoms with van der Waals surface area (Å²) in [6.07, 6.45) is 0. The molecule has 0 fully saturated rings. The van der Waals surface area contributed by atoms with Crippen molar-refractivity contribution in [1.29, 1.82) is 0 Å². The molecule has 0 bridgehead atoms. The lowest BCUT2D eigenvalue weighted by Gasteiger charge is -2.15. The van der Waals surface area contributed by atoms with E-state index in [1.165, 1.54) is 38.4 Å². The van der Waals surface area contributed by atoms with Gasteiger partial charge in [0.2, 0.25) is 10.0 Å². The summed E-state index contributed by atoms with van der Waals surface area (Å²) in [4.78, 5) is -0.697. The number of nitrogens with zero attached hydrogens (tertiary/aromatic N) is 1. The van der Waals surface area contributed by atoms with Crippen molar-refractivity contribution < 1.29 is 16.8 Å². The minimum atomic E-state index is -4.08. The second-order valence-corrected chi connectivity index (χ2v) is 8.57. The maximum absolute atomic E-state index is 12.1. The second kappa shape index (κ2) is 5.75. The summed E-state index contributed by atoms with van der Waals surface area (Å²) in [7, 11) is -5.33. The second-order valence-electron chi connectivity index (χ2n) is 3.64. The van der Waals surface area contributed by atoms with Gasteiger partial charge in [-0.3, -0.25) is 4.72 Å². The molecule has 0 aliphatic carbocycles. The Kier molecular flexibility index (Phi) is 4.96. The number of thiol groups is 1. The Hall–Kier alpha value is -0.680. The van der Waals surface area contributed by atoms with E-state index < -0.39 is 20.0 Å². The van der Waals surface area contributed by atoms with Crippen LogP contribution in [0, 0.1) is 0 Å². The lowest BCUT2D eigenvalue weighted by atomic mass is 10.4. The highest BCUT2D eigenvalue weighted by Gasteiger charge is 2.27. The van der Waals surface area contributed by atoms with E-state index in [4.69, 9.17) is 0 Å². The van der Waals surface area contributed by atoms with E-state index in [1.54, 1.807) is 0 Å². The number of nitrogens with one attached hydrogen (secondary N) is 1. The van der Waals surface area contributed by atoms with Crippen molar-refractivity contribution in [2.24, 2.45) is 0 Å². The van der Waals surface area contributed by atoms with Crippen LogP contribution in [0.25, 0.3) is 0 Å². The molecule has 0 aliphatic heterocycles. The number of benzene rings is 1. The van der Waals surface area contributed by atoms with Crippen molar-refractivity contribution >= 4 is 49.2 Å². The molecule has 0 saturated heterocycles. The topological polar surface area (TPSA) is 83.6 Å². The largest absolute Gasteiger partial charge is 0.264 e. The summed E-state index contributed by atoms with van der Waals surface area (Å²) in [5, 5.41) is 0. The molecule has 6 nitrogen and oxygen atoms in total. The molecule has 19 heavy (non-hydrogen) atoms. The standard InChI is InChI=1S/C9H12N2O4S4/c1-11(2)19(14,15)8-6-4-3-5-7(8)18(12,13)10-9(16)17/h3-6H,1-2H3,(H2,10,16,17). The summed E-state index contributed by atoms with van der Waals surface area (Å²) in [6.45, 7) is 0. The van der Waals surface area contributed by atoms with Crippen molar-refractivity contribution in [3.63, 3.8) is 0 Å². The number of rotatable bonds is 4. The zero-order chi connectivity index (χ0) is 14.8. The fraction of sp³-hybridized carbons (Fsp3) is 0.222. The van der Waals surface area contributed by atoms with Crippen molar-refractivity contribution in [2.75, 3.05) is 14.1 Å². The Bertz CT molecular complexity index is 695. The van der Waals surface area contributed by atoms with Gasteiger partial charge in [-0.05, 0) is 12.1 Å². The van der Waals surface area contributed by atoms with Gasteiger partial charge >= 0.3 is 0 Å². The zero-order valence-electron chi connectivity index (χ0n) is 10.1. The number of thiocarbonyl (C=S) groups is 1. The highest BCUT2D eigenvalue weighted by molar-refractivity contribution is 8.12. The summed E-state index contributed by atoms with van der Waals surface area (Å²) < 4.78 is 50.8. The van der Waals surface area contributed by atoms with E-state index in [0.717, 1.165) is 4.31 Å². The monoisotopic (exact) mass is 340 g/mol. The number of hydrogen-bond donors (Lipinski definition) is 2. The molecule has 1 rings (SSSR count). The van der Waals surface area contributed by atoms with Crippen LogP contribution < -0.4 is 4.72 Å². The normalized spacial score (nSPS) is 12.4. The summed E-state index contributed by atoms with van der Waals surface area (Å²) >= 11 is 8.22. The van der Waals surface area contributed by atoms with Gasteiger partial charge < -0.3 is 0 Å². The first-order chi connectivity index (χ1) is 8.59. The van der Waals surface area contributed by atoms with Crippen molar-refractivity contribution in [3.8, 4) is 0 Å². The Balaban J connectivity index is 3.53. The summed E-state index contributed by atoms with van der Waals surface area (Å²) in [5.41, 5.74) is 0. The quantitative estimate of drug-likeness (QED) is 0.613. The van der Waals surface area contributed by atoms with E-state index in [9.17, 15) is 16.8 Å². The van der Waals surface area contributed by atoms with E-state index in [2.05, 4.69) is 24.8 Å². The molecule has 1 N–H and O–H groups in total. The first-order valence-corrected chi connectivity index (χ1v) is 8.64. The molecule has 0 atom stereocenters. The first-order valence-electron chi connectivity index (χ1n) is 4.86. The summed E-state index contributed by atoms with van der Waals surface area (Å²) in [5.74, 6) is 0. The molecule has 0 aromatic heterocycles. The van der Waals surface area contributed by atoms with Gasteiger partial charge in [0.05, 0.1) is 0 Å². The molecule has 0 spiro atoms. The van der Waals surface area contributed by atoms with Gasteiger partial charge in [0.1, 0.15) is 14.1 Å². The van der Waals surface area contributed by atoms with Gasteiger partial charge in [0.15, 0.2) is 0 Å². The highest BCUT2D eigenvalue weighted by Crippen LogP contribution is 2.22. The third-order valence-corrected chi connectivity index (χ3v) is 6.02. The number of hydrogen-bond acceptors (Lipinski definition) is 5. The van der Waals surface area contributed by atoms with E-state index in [1.807, 2.05) is 4.72 Å². The zero-order valence-corrected chi connectivity index (χ0v) is 13.4. The van der Waals surface area contributed by atoms with Crippen LogP contribution in [0.3, 0.4) is 0 Å². The van der Waals surface area contributed by atoms with Crippen LogP contribution in [-0.2, 0) is 20.0 Å². The van der Waals surface area contributed by atoms with Crippen LogP contribution in [0.15, 0.2) is 34.1 Å². The molecular weight excluding hydrogens is 328 g/mol. The molecule has 106 valence electrons. The lowest BCUT2D eigenvalue weighted by Crippen LogP contribution is -2.29. The molecule has 10 heteroatoms. The van der Waals surface area contributed by atoms with Crippen LogP contribution in [0.1, 0.15) is 0 Å². The van der Waals surface area contributed by atoms with Gasteiger partial charge in [-0.15, -0.1) is 12.6 Å². The van der Waals surface area contributed by atoms with Gasteiger partial charge in [0.25, 0.3) is 10.0 Å². The molecule has 1 aromatic rings. The Morgan fingerprint density at radius 2 is 1.63 bits per heavy atom. The predicted octanol–water partition coefficient (Wildman–Crippen LogP) is 0.430. The van der Waals surface area contributed by atoms with Crippen LogP contribution in [0.4, 0.5) is 0 Å². The fourth-order valence-corrected chi connectivity index (χ4v) is 4.48. The average molecular weight is 340 g/mol. The smallest absolute Gasteiger partial charge is 0.264 e. The van der Waals surface area contributed by atoms with Crippen molar-refractivity contribution in [1.82, 2.24) is 9.03 Å².